The first-order valence-corrected chi connectivity index (χ1v) is 10.8. The maximum Gasteiger partial charge on any atom is 0.250 e. The van der Waals surface area contributed by atoms with Gasteiger partial charge in [-0.2, -0.15) is 0 Å². The third kappa shape index (κ3) is 4.50. The fourth-order valence-electron chi connectivity index (χ4n) is 4.33. The molecule has 1 saturated heterocycles. The molecule has 2 aromatic carbocycles. The van der Waals surface area contributed by atoms with E-state index in [0.29, 0.717) is 11.3 Å². The van der Waals surface area contributed by atoms with E-state index in [-0.39, 0.29) is 11.8 Å². The number of carbonyl (C=O) groups is 2. The maximum atomic E-state index is 13.0. The van der Waals surface area contributed by atoms with Crippen molar-refractivity contribution in [2.45, 2.75) is 18.9 Å². The lowest BCUT2D eigenvalue weighted by Gasteiger charge is -2.40. The van der Waals surface area contributed by atoms with Gasteiger partial charge in [0, 0.05) is 17.2 Å². The molecule has 6 nitrogen and oxygen atoms in total. The van der Waals surface area contributed by atoms with Gasteiger partial charge in [0.1, 0.15) is 11.5 Å². The highest BCUT2D eigenvalue weighted by Gasteiger charge is 2.37. The van der Waals surface area contributed by atoms with Crippen molar-refractivity contribution in [1.82, 2.24) is 10.2 Å². The number of nitrogens with one attached hydrogen (secondary N) is 1. The fourth-order valence-corrected chi connectivity index (χ4v) is 4.33. The molecular weight excluding hydrogens is 402 g/mol. The SMILES string of the molecule is C=CC(=O)N1C(C2CCNCC2)=CC=C(C(N)=O)C1c1ccc(Oc2ccccc2)cc1. The number of primary amides is 1. The van der Waals surface area contributed by atoms with Gasteiger partial charge in [0.25, 0.3) is 5.91 Å². The lowest BCUT2D eigenvalue weighted by atomic mass is 9.86. The predicted octanol–water partition coefficient (Wildman–Crippen LogP) is 3.84. The van der Waals surface area contributed by atoms with Crippen LogP contribution in [0, 0.1) is 5.92 Å². The monoisotopic (exact) mass is 429 g/mol. The summed E-state index contributed by atoms with van der Waals surface area (Å²) in [7, 11) is 0. The van der Waals surface area contributed by atoms with Crippen LogP contribution in [0.3, 0.4) is 0 Å². The van der Waals surface area contributed by atoms with Gasteiger partial charge >= 0.3 is 0 Å². The minimum absolute atomic E-state index is 0.217. The minimum atomic E-state index is -0.612. The molecule has 1 unspecified atom stereocenters. The fraction of sp³-hybridized carbons (Fsp3) is 0.231. The van der Waals surface area contributed by atoms with Crippen molar-refractivity contribution in [2.24, 2.45) is 11.7 Å². The first-order valence-electron chi connectivity index (χ1n) is 10.8. The van der Waals surface area contributed by atoms with Crippen LogP contribution >= 0.6 is 0 Å². The number of hydrogen-bond donors (Lipinski definition) is 2. The van der Waals surface area contributed by atoms with Crippen LogP contribution in [0.4, 0.5) is 0 Å². The van der Waals surface area contributed by atoms with Crippen LogP contribution in [0.15, 0.2) is 90.7 Å². The summed E-state index contributed by atoms with van der Waals surface area (Å²) >= 11 is 0. The first-order chi connectivity index (χ1) is 15.6. The number of nitrogens with two attached hydrogens (primary N) is 1. The Labute approximate surface area is 188 Å². The summed E-state index contributed by atoms with van der Waals surface area (Å²) in [6.45, 7) is 5.47. The largest absolute Gasteiger partial charge is 0.457 e. The van der Waals surface area contributed by atoms with E-state index >= 15 is 0 Å². The van der Waals surface area contributed by atoms with Gasteiger partial charge in [0.15, 0.2) is 0 Å². The zero-order chi connectivity index (χ0) is 22.5. The third-order valence-electron chi connectivity index (χ3n) is 5.89. The van der Waals surface area contributed by atoms with Gasteiger partial charge < -0.3 is 20.7 Å². The van der Waals surface area contributed by atoms with Gasteiger partial charge in [-0.15, -0.1) is 0 Å². The number of amides is 2. The standard InChI is InChI=1S/C26H27N3O3/c1-2-24(30)29-23(18-14-16-28-17-15-18)13-12-22(26(27)31)25(29)19-8-10-21(11-9-19)32-20-6-4-3-5-7-20/h2-13,18,25,28H,1,14-17H2,(H2,27,31). The number of rotatable bonds is 6. The molecule has 1 fully saturated rings. The molecule has 2 aliphatic rings. The van der Waals surface area contributed by atoms with E-state index in [4.69, 9.17) is 10.5 Å². The van der Waals surface area contributed by atoms with Gasteiger partial charge in [-0.25, -0.2) is 0 Å². The van der Waals surface area contributed by atoms with E-state index < -0.39 is 11.9 Å². The maximum absolute atomic E-state index is 13.0. The smallest absolute Gasteiger partial charge is 0.250 e. The number of para-hydroxylation sites is 1. The summed E-state index contributed by atoms with van der Waals surface area (Å²) < 4.78 is 5.89. The number of carbonyl (C=O) groups excluding carboxylic acids is 2. The topological polar surface area (TPSA) is 84.7 Å². The molecule has 2 aliphatic heterocycles. The van der Waals surface area contributed by atoms with Gasteiger partial charge in [-0.3, -0.25) is 9.59 Å². The second-order valence-corrected chi connectivity index (χ2v) is 7.90. The van der Waals surface area contributed by atoms with Crippen molar-refractivity contribution in [2.75, 3.05) is 13.1 Å². The van der Waals surface area contributed by atoms with Crippen LogP contribution in [0.1, 0.15) is 24.4 Å². The average Bonchev–Trinajstić information content (AvgIpc) is 2.84. The first kappa shape index (κ1) is 21.6. The molecule has 1 atom stereocenters. The summed E-state index contributed by atoms with van der Waals surface area (Å²) in [5.74, 6) is 0.804. The van der Waals surface area contributed by atoms with Crippen LogP contribution in [0.2, 0.25) is 0 Å². The molecule has 0 bridgehead atoms. The molecule has 0 saturated carbocycles. The number of piperidine rings is 1. The Morgan fingerprint density at radius 2 is 1.66 bits per heavy atom. The van der Waals surface area contributed by atoms with E-state index in [9.17, 15) is 9.59 Å². The lowest BCUT2D eigenvalue weighted by Crippen LogP contribution is -2.42. The van der Waals surface area contributed by atoms with Crippen molar-refractivity contribution < 1.29 is 14.3 Å². The molecule has 2 heterocycles. The number of benzene rings is 2. The van der Waals surface area contributed by atoms with Crippen molar-refractivity contribution in [1.29, 1.82) is 0 Å². The van der Waals surface area contributed by atoms with Gasteiger partial charge in [0.2, 0.25) is 5.91 Å². The Kier molecular flexibility index (Phi) is 6.52. The predicted molar refractivity (Wildman–Crippen MR) is 124 cm³/mol. The van der Waals surface area contributed by atoms with E-state index in [1.807, 2.05) is 60.7 Å². The number of allylic oxidation sites excluding steroid dienone is 3. The highest BCUT2D eigenvalue weighted by Crippen LogP contribution is 2.40. The molecule has 0 aromatic heterocycles. The van der Waals surface area contributed by atoms with Crippen LogP contribution < -0.4 is 15.8 Å². The Hall–Kier alpha value is -3.64. The lowest BCUT2D eigenvalue weighted by molar-refractivity contribution is -0.126. The summed E-state index contributed by atoms with van der Waals surface area (Å²) in [4.78, 5) is 27.0. The van der Waals surface area contributed by atoms with Crippen molar-refractivity contribution in [3.63, 3.8) is 0 Å². The molecule has 3 N–H and O–H groups in total. The van der Waals surface area contributed by atoms with Crippen LogP contribution in [0.25, 0.3) is 0 Å². The Balaban J connectivity index is 1.69. The zero-order valence-corrected chi connectivity index (χ0v) is 17.9. The molecule has 0 radical (unpaired) electrons. The van der Waals surface area contributed by atoms with Crippen LogP contribution in [0.5, 0.6) is 11.5 Å². The van der Waals surface area contributed by atoms with Crippen molar-refractivity contribution in [3.05, 3.63) is 96.2 Å². The molecule has 32 heavy (non-hydrogen) atoms. The number of hydrogen-bond acceptors (Lipinski definition) is 4. The van der Waals surface area contributed by atoms with Gasteiger partial charge in [-0.05, 0) is 74.0 Å². The average molecular weight is 430 g/mol. The summed E-state index contributed by atoms with van der Waals surface area (Å²) in [6.07, 6.45) is 6.75. The quantitative estimate of drug-likeness (QED) is 0.684. The van der Waals surface area contributed by atoms with E-state index in [1.54, 1.807) is 11.0 Å². The molecule has 6 heteroatoms. The normalized spacial score (nSPS) is 19.0. The Morgan fingerprint density at radius 1 is 1.00 bits per heavy atom. The third-order valence-corrected chi connectivity index (χ3v) is 5.89. The molecule has 164 valence electrons. The number of nitrogens with zero attached hydrogens (tertiary/aromatic N) is 1. The number of ether oxygens (including phenoxy) is 1. The van der Waals surface area contributed by atoms with E-state index in [2.05, 4.69) is 11.9 Å². The second kappa shape index (κ2) is 9.66. The molecule has 2 aromatic rings. The summed E-state index contributed by atoms with van der Waals surface area (Å²) in [5.41, 5.74) is 7.77. The molecule has 2 amide bonds. The van der Waals surface area contributed by atoms with Gasteiger partial charge in [-0.1, -0.05) is 36.9 Å². The molecule has 4 rings (SSSR count). The minimum Gasteiger partial charge on any atom is -0.457 e. The van der Waals surface area contributed by atoms with Crippen LogP contribution in [-0.4, -0.2) is 29.8 Å². The molecule has 0 spiro atoms. The summed E-state index contributed by atoms with van der Waals surface area (Å²) in [6, 6.07) is 16.3. The zero-order valence-electron chi connectivity index (χ0n) is 17.9. The van der Waals surface area contributed by atoms with Crippen molar-refractivity contribution in [3.8, 4) is 11.5 Å². The van der Waals surface area contributed by atoms with Crippen molar-refractivity contribution >= 4 is 11.8 Å². The van der Waals surface area contributed by atoms with Crippen LogP contribution in [-0.2, 0) is 9.59 Å². The highest BCUT2D eigenvalue weighted by atomic mass is 16.5. The molecular formula is C26H27N3O3. The second-order valence-electron chi connectivity index (χ2n) is 7.90. The van der Waals surface area contributed by atoms with Gasteiger partial charge in [0.05, 0.1) is 6.04 Å². The molecule has 0 aliphatic carbocycles. The Bertz CT molecular complexity index is 1050. The highest BCUT2D eigenvalue weighted by molar-refractivity contribution is 5.97. The van der Waals surface area contributed by atoms with E-state index in [1.165, 1.54) is 6.08 Å². The van der Waals surface area contributed by atoms with E-state index in [0.717, 1.165) is 42.9 Å². The Morgan fingerprint density at radius 3 is 2.28 bits per heavy atom. The summed E-state index contributed by atoms with van der Waals surface area (Å²) in [5, 5.41) is 3.35.